The van der Waals surface area contributed by atoms with E-state index in [9.17, 15) is 4.79 Å². The highest BCUT2D eigenvalue weighted by molar-refractivity contribution is 5.90. The molecule has 0 spiro atoms. The van der Waals surface area contributed by atoms with Crippen LogP contribution in [0.4, 0.5) is 0 Å². The van der Waals surface area contributed by atoms with E-state index in [1.807, 2.05) is 6.20 Å². The molecule has 0 amide bonds. The Morgan fingerprint density at radius 3 is 2.58 bits per heavy atom. The van der Waals surface area contributed by atoms with Crippen molar-refractivity contribution in [3.05, 3.63) is 11.8 Å². The number of esters is 1. The molecule has 0 saturated carbocycles. The topological polar surface area (TPSA) is 29.5 Å². The maximum absolute atomic E-state index is 11.0. The van der Waals surface area contributed by atoms with Crippen LogP contribution in [0.15, 0.2) is 11.8 Å². The van der Waals surface area contributed by atoms with Crippen LogP contribution < -0.4 is 0 Å². The summed E-state index contributed by atoms with van der Waals surface area (Å²) < 4.78 is 4.82. The summed E-state index contributed by atoms with van der Waals surface area (Å²) in [5.74, 6) is -0.151. The summed E-state index contributed by atoms with van der Waals surface area (Å²) in [7, 11) is 0. The smallest absolute Gasteiger partial charge is 0.335 e. The molecule has 3 heteroatoms. The van der Waals surface area contributed by atoms with Crippen LogP contribution in [0.3, 0.4) is 0 Å². The van der Waals surface area contributed by atoms with Gasteiger partial charge in [0.25, 0.3) is 0 Å². The number of carbonyl (C=O) groups is 1. The summed E-state index contributed by atoms with van der Waals surface area (Å²) in [4.78, 5) is 13.1. The minimum atomic E-state index is -0.151. The molecule has 1 saturated heterocycles. The van der Waals surface area contributed by atoms with E-state index in [-0.39, 0.29) is 5.97 Å². The lowest BCUT2D eigenvalue weighted by molar-refractivity contribution is -0.135. The average molecular weight is 169 g/mol. The van der Waals surface area contributed by atoms with E-state index in [1.54, 1.807) is 0 Å². The Kier molecular flexibility index (Phi) is 3.14. The van der Waals surface area contributed by atoms with Crippen LogP contribution in [0, 0.1) is 0 Å². The maximum Gasteiger partial charge on any atom is 0.335 e. The van der Waals surface area contributed by atoms with Crippen molar-refractivity contribution in [1.82, 2.24) is 4.90 Å². The van der Waals surface area contributed by atoms with Gasteiger partial charge in [0.15, 0.2) is 0 Å². The van der Waals surface area contributed by atoms with Crippen molar-refractivity contribution in [1.29, 1.82) is 0 Å². The van der Waals surface area contributed by atoms with Crippen molar-refractivity contribution >= 4 is 5.97 Å². The van der Waals surface area contributed by atoms with E-state index in [4.69, 9.17) is 4.74 Å². The maximum atomic E-state index is 11.0. The molecule has 0 aromatic rings. The predicted octanol–water partition coefficient (Wildman–Crippen LogP) is 1.16. The van der Waals surface area contributed by atoms with Gasteiger partial charge in [0.05, 0.1) is 12.2 Å². The molecule has 1 fully saturated rings. The summed E-state index contributed by atoms with van der Waals surface area (Å²) in [5.41, 5.74) is 0.804. The number of rotatable bonds is 3. The SMILES string of the molecule is CCN(/C=C1\CCOC1=O)CC. The second kappa shape index (κ2) is 4.14. The van der Waals surface area contributed by atoms with Gasteiger partial charge in [-0.25, -0.2) is 4.79 Å². The molecule has 1 aliphatic rings. The molecule has 0 atom stereocenters. The van der Waals surface area contributed by atoms with E-state index >= 15 is 0 Å². The second-order valence-corrected chi connectivity index (χ2v) is 2.76. The Bertz CT molecular complexity index is 195. The number of carbonyl (C=O) groups excluding carboxylic acids is 1. The molecule has 0 N–H and O–H groups in total. The normalized spacial score (nSPS) is 19.8. The molecular weight excluding hydrogens is 154 g/mol. The van der Waals surface area contributed by atoms with Crippen molar-refractivity contribution in [2.75, 3.05) is 19.7 Å². The van der Waals surface area contributed by atoms with Crippen LogP contribution in [-0.4, -0.2) is 30.6 Å². The summed E-state index contributed by atoms with van der Waals surface area (Å²) in [6, 6.07) is 0. The summed E-state index contributed by atoms with van der Waals surface area (Å²) in [5, 5.41) is 0. The first-order valence-electron chi connectivity index (χ1n) is 4.39. The van der Waals surface area contributed by atoms with Crippen LogP contribution in [0.25, 0.3) is 0 Å². The first-order valence-corrected chi connectivity index (χ1v) is 4.39. The molecule has 0 aliphatic carbocycles. The lowest BCUT2D eigenvalue weighted by atomic mass is 10.2. The van der Waals surface area contributed by atoms with E-state index in [0.717, 1.165) is 25.1 Å². The minimum absolute atomic E-state index is 0.151. The zero-order chi connectivity index (χ0) is 8.97. The number of ether oxygens (including phenoxy) is 1. The number of cyclic esters (lactones) is 1. The minimum Gasteiger partial charge on any atom is -0.462 e. The molecule has 3 nitrogen and oxygen atoms in total. The van der Waals surface area contributed by atoms with E-state index in [1.165, 1.54) is 0 Å². The van der Waals surface area contributed by atoms with Crippen LogP contribution in [0.1, 0.15) is 20.3 Å². The zero-order valence-electron chi connectivity index (χ0n) is 7.67. The first-order chi connectivity index (χ1) is 5.77. The van der Waals surface area contributed by atoms with Crippen molar-refractivity contribution < 1.29 is 9.53 Å². The van der Waals surface area contributed by atoms with Gasteiger partial charge in [0.2, 0.25) is 0 Å². The molecule has 12 heavy (non-hydrogen) atoms. The van der Waals surface area contributed by atoms with Gasteiger partial charge in [-0.2, -0.15) is 0 Å². The molecule has 1 heterocycles. The van der Waals surface area contributed by atoms with Crippen LogP contribution in [0.5, 0.6) is 0 Å². The monoisotopic (exact) mass is 169 g/mol. The summed E-state index contributed by atoms with van der Waals surface area (Å²) in [6.07, 6.45) is 2.67. The molecule has 0 bridgehead atoms. The lowest BCUT2D eigenvalue weighted by Gasteiger charge is -2.15. The van der Waals surface area contributed by atoms with Crippen LogP contribution in [-0.2, 0) is 9.53 Å². The highest BCUT2D eigenvalue weighted by Gasteiger charge is 2.18. The third-order valence-electron chi connectivity index (χ3n) is 2.02. The standard InChI is InChI=1S/C9H15NO2/c1-3-10(4-2)7-8-5-6-12-9(8)11/h7H,3-6H2,1-2H3/b8-7+. The Morgan fingerprint density at radius 2 is 2.17 bits per heavy atom. The average Bonchev–Trinajstić information content (AvgIpc) is 2.47. The highest BCUT2D eigenvalue weighted by Crippen LogP contribution is 2.13. The van der Waals surface area contributed by atoms with E-state index < -0.39 is 0 Å². The number of hydrogen-bond donors (Lipinski definition) is 0. The van der Waals surface area contributed by atoms with E-state index in [0.29, 0.717) is 6.61 Å². The molecule has 0 radical (unpaired) electrons. The molecule has 1 rings (SSSR count). The first kappa shape index (κ1) is 9.10. The Hall–Kier alpha value is -0.990. The van der Waals surface area contributed by atoms with Gasteiger partial charge in [-0.15, -0.1) is 0 Å². The number of hydrogen-bond acceptors (Lipinski definition) is 3. The Balaban J connectivity index is 2.59. The molecule has 0 aromatic carbocycles. The highest BCUT2D eigenvalue weighted by atomic mass is 16.5. The Morgan fingerprint density at radius 1 is 1.50 bits per heavy atom. The quantitative estimate of drug-likeness (QED) is 0.469. The van der Waals surface area contributed by atoms with Gasteiger partial charge in [-0.3, -0.25) is 0 Å². The fourth-order valence-corrected chi connectivity index (χ4v) is 1.19. The Labute approximate surface area is 73.0 Å². The third kappa shape index (κ3) is 2.00. The van der Waals surface area contributed by atoms with Gasteiger partial charge in [0, 0.05) is 25.7 Å². The van der Waals surface area contributed by atoms with Gasteiger partial charge in [0.1, 0.15) is 0 Å². The molecular formula is C9H15NO2. The van der Waals surface area contributed by atoms with E-state index in [2.05, 4.69) is 18.7 Å². The fraction of sp³-hybridized carbons (Fsp3) is 0.667. The zero-order valence-corrected chi connectivity index (χ0v) is 7.67. The molecule has 0 aromatic heterocycles. The van der Waals surface area contributed by atoms with Crippen molar-refractivity contribution in [2.45, 2.75) is 20.3 Å². The van der Waals surface area contributed by atoms with Crippen LogP contribution in [0.2, 0.25) is 0 Å². The third-order valence-corrected chi connectivity index (χ3v) is 2.02. The van der Waals surface area contributed by atoms with Gasteiger partial charge in [-0.1, -0.05) is 0 Å². The van der Waals surface area contributed by atoms with Crippen molar-refractivity contribution in [3.8, 4) is 0 Å². The largest absolute Gasteiger partial charge is 0.462 e. The summed E-state index contributed by atoms with van der Waals surface area (Å²) >= 11 is 0. The fourth-order valence-electron chi connectivity index (χ4n) is 1.19. The molecule has 0 unspecified atom stereocenters. The summed E-state index contributed by atoms with van der Waals surface area (Å²) in [6.45, 7) is 6.56. The van der Waals surface area contributed by atoms with Crippen molar-refractivity contribution in [2.24, 2.45) is 0 Å². The van der Waals surface area contributed by atoms with Crippen LogP contribution >= 0.6 is 0 Å². The lowest BCUT2D eigenvalue weighted by Crippen LogP contribution is -2.17. The molecule has 1 aliphatic heterocycles. The number of nitrogens with zero attached hydrogens (tertiary/aromatic N) is 1. The van der Waals surface area contributed by atoms with Gasteiger partial charge >= 0.3 is 5.97 Å². The van der Waals surface area contributed by atoms with Crippen molar-refractivity contribution in [3.63, 3.8) is 0 Å². The second-order valence-electron chi connectivity index (χ2n) is 2.76. The van der Waals surface area contributed by atoms with Gasteiger partial charge < -0.3 is 9.64 Å². The molecule has 68 valence electrons. The van der Waals surface area contributed by atoms with Gasteiger partial charge in [-0.05, 0) is 13.8 Å². The predicted molar refractivity (Wildman–Crippen MR) is 46.6 cm³/mol.